The zero-order chi connectivity index (χ0) is 15.2. The van der Waals surface area contributed by atoms with Gasteiger partial charge in [0, 0.05) is 9.79 Å². The van der Waals surface area contributed by atoms with Crippen molar-refractivity contribution in [1.82, 2.24) is 0 Å². The molecule has 21 heavy (non-hydrogen) atoms. The zero-order valence-electron chi connectivity index (χ0n) is 12.2. The second-order valence-corrected chi connectivity index (χ2v) is 6.28. The minimum absolute atomic E-state index is 0.531. The lowest BCUT2D eigenvalue weighted by Gasteiger charge is -2.20. The zero-order valence-corrected chi connectivity index (χ0v) is 13.8. The van der Waals surface area contributed by atoms with E-state index in [4.69, 9.17) is 16.2 Å². The van der Waals surface area contributed by atoms with Crippen molar-refractivity contribution in [3.63, 3.8) is 0 Å². The topological polar surface area (TPSA) is 61.3 Å². The van der Waals surface area contributed by atoms with Crippen LogP contribution in [0.4, 0.5) is 0 Å². The summed E-state index contributed by atoms with van der Waals surface area (Å²) in [6.45, 7) is 0. The molecule has 2 aromatic carbocycles. The summed E-state index contributed by atoms with van der Waals surface area (Å²) in [6, 6.07) is 16.0. The largest absolute Gasteiger partial charge is 0.337 e. The number of benzene rings is 2. The van der Waals surface area contributed by atoms with Gasteiger partial charge < -0.3 is 16.2 Å². The lowest BCUT2D eigenvalue weighted by molar-refractivity contribution is -0.00836. The van der Waals surface area contributed by atoms with Gasteiger partial charge in [0.2, 0.25) is 0 Å². The Balaban J connectivity index is 2.01. The van der Waals surface area contributed by atoms with Gasteiger partial charge in [0.05, 0.1) is 0 Å². The van der Waals surface area contributed by atoms with E-state index < -0.39 is 12.5 Å². The first-order chi connectivity index (χ1) is 10.1. The molecular weight excluding hydrogens is 300 g/mol. The van der Waals surface area contributed by atoms with Crippen LogP contribution in [-0.2, 0) is 4.74 Å². The molecule has 0 fully saturated rings. The molecule has 2 aromatic rings. The average Bonchev–Trinajstić information content (AvgIpc) is 2.55. The van der Waals surface area contributed by atoms with Crippen molar-refractivity contribution in [3.05, 3.63) is 59.7 Å². The minimum Gasteiger partial charge on any atom is -0.337 e. The Morgan fingerprint density at radius 2 is 1.05 bits per heavy atom. The van der Waals surface area contributed by atoms with Gasteiger partial charge >= 0.3 is 0 Å². The van der Waals surface area contributed by atoms with Crippen molar-refractivity contribution in [2.75, 3.05) is 12.5 Å². The molecule has 0 amide bonds. The summed E-state index contributed by atoms with van der Waals surface area (Å²) in [7, 11) is 0. The number of hydrogen-bond donors (Lipinski definition) is 2. The number of nitrogens with two attached hydrogens (primary N) is 2. The van der Waals surface area contributed by atoms with Crippen LogP contribution < -0.4 is 11.5 Å². The van der Waals surface area contributed by atoms with Crippen molar-refractivity contribution < 1.29 is 4.74 Å². The first-order valence-corrected chi connectivity index (χ1v) is 9.03. The molecule has 0 aliphatic rings. The molecule has 112 valence electrons. The third-order valence-electron chi connectivity index (χ3n) is 3.18. The molecule has 0 heterocycles. The predicted molar refractivity (Wildman–Crippen MR) is 91.4 cm³/mol. The number of thioether (sulfide) groups is 2. The Labute approximate surface area is 134 Å². The van der Waals surface area contributed by atoms with Crippen LogP contribution in [0.5, 0.6) is 0 Å². The normalized spacial score (nSPS) is 13.9. The molecule has 0 aromatic heterocycles. The lowest BCUT2D eigenvalue weighted by atomic mass is 10.2. The highest BCUT2D eigenvalue weighted by molar-refractivity contribution is 7.98. The lowest BCUT2D eigenvalue weighted by Crippen LogP contribution is -2.22. The quantitative estimate of drug-likeness (QED) is 0.627. The Bertz CT molecular complexity index is 506. The molecule has 2 unspecified atom stereocenters. The Kier molecular flexibility index (Phi) is 6.14. The van der Waals surface area contributed by atoms with Crippen molar-refractivity contribution >= 4 is 23.5 Å². The predicted octanol–water partition coefficient (Wildman–Crippen LogP) is 3.76. The van der Waals surface area contributed by atoms with Crippen LogP contribution >= 0.6 is 23.5 Å². The molecule has 0 spiro atoms. The molecule has 3 nitrogen and oxygen atoms in total. The standard InChI is InChI=1S/C16H20N2OS2/c1-20-13-7-3-11(4-8-13)15(17)19-16(18)12-5-9-14(21-2)10-6-12/h3-10,15-16H,17-18H2,1-2H3. The second-order valence-electron chi connectivity index (χ2n) is 4.52. The number of rotatable bonds is 6. The average molecular weight is 320 g/mol. The van der Waals surface area contributed by atoms with Gasteiger partial charge in [-0.15, -0.1) is 23.5 Å². The van der Waals surface area contributed by atoms with Gasteiger partial charge in [-0.3, -0.25) is 0 Å². The van der Waals surface area contributed by atoms with Crippen LogP contribution in [0, 0.1) is 0 Å². The van der Waals surface area contributed by atoms with E-state index in [2.05, 4.69) is 0 Å². The van der Waals surface area contributed by atoms with E-state index in [-0.39, 0.29) is 0 Å². The van der Waals surface area contributed by atoms with E-state index in [0.717, 1.165) is 11.1 Å². The maximum atomic E-state index is 6.07. The summed E-state index contributed by atoms with van der Waals surface area (Å²) in [5.74, 6) is 0. The molecule has 0 saturated carbocycles. The SMILES string of the molecule is CSc1ccc(C(N)OC(N)c2ccc(SC)cc2)cc1. The summed E-state index contributed by atoms with van der Waals surface area (Å²) >= 11 is 3.39. The summed E-state index contributed by atoms with van der Waals surface area (Å²) in [4.78, 5) is 2.39. The van der Waals surface area contributed by atoms with E-state index in [0.29, 0.717) is 0 Å². The monoisotopic (exact) mass is 320 g/mol. The van der Waals surface area contributed by atoms with E-state index >= 15 is 0 Å². The van der Waals surface area contributed by atoms with Crippen LogP contribution in [0.25, 0.3) is 0 Å². The van der Waals surface area contributed by atoms with Gasteiger partial charge in [-0.05, 0) is 47.9 Å². The van der Waals surface area contributed by atoms with E-state index in [1.165, 1.54) is 9.79 Å². The van der Waals surface area contributed by atoms with Crippen molar-refractivity contribution in [2.45, 2.75) is 22.2 Å². The van der Waals surface area contributed by atoms with Gasteiger partial charge in [0.25, 0.3) is 0 Å². The molecule has 4 N–H and O–H groups in total. The van der Waals surface area contributed by atoms with Gasteiger partial charge in [-0.2, -0.15) is 0 Å². The van der Waals surface area contributed by atoms with Gasteiger partial charge in [-0.1, -0.05) is 24.3 Å². The molecule has 0 aliphatic heterocycles. The van der Waals surface area contributed by atoms with E-state index in [1.54, 1.807) is 23.5 Å². The van der Waals surface area contributed by atoms with Gasteiger partial charge in [0.15, 0.2) is 0 Å². The Hall–Kier alpha value is -0.980. The smallest absolute Gasteiger partial charge is 0.134 e. The summed E-state index contributed by atoms with van der Waals surface area (Å²) in [5, 5.41) is 0. The van der Waals surface area contributed by atoms with Crippen molar-refractivity contribution in [1.29, 1.82) is 0 Å². The van der Waals surface area contributed by atoms with Crippen LogP contribution in [-0.4, -0.2) is 12.5 Å². The van der Waals surface area contributed by atoms with Crippen LogP contribution in [0.15, 0.2) is 58.3 Å². The summed E-state index contributed by atoms with van der Waals surface area (Å²) in [5.41, 5.74) is 14.0. The maximum absolute atomic E-state index is 6.07. The highest BCUT2D eigenvalue weighted by Crippen LogP contribution is 2.24. The van der Waals surface area contributed by atoms with Crippen LogP contribution in [0.1, 0.15) is 23.6 Å². The van der Waals surface area contributed by atoms with E-state index in [9.17, 15) is 0 Å². The van der Waals surface area contributed by atoms with Crippen LogP contribution in [0.3, 0.4) is 0 Å². The van der Waals surface area contributed by atoms with E-state index in [1.807, 2.05) is 61.0 Å². The third-order valence-corrected chi connectivity index (χ3v) is 4.67. The number of ether oxygens (including phenoxy) is 1. The van der Waals surface area contributed by atoms with Crippen molar-refractivity contribution in [3.8, 4) is 0 Å². The molecular formula is C16H20N2OS2. The fourth-order valence-corrected chi connectivity index (χ4v) is 2.72. The fraction of sp³-hybridized carbons (Fsp3) is 0.250. The highest BCUT2D eigenvalue weighted by Gasteiger charge is 2.13. The van der Waals surface area contributed by atoms with Gasteiger partial charge in [-0.25, -0.2) is 0 Å². The Morgan fingerprint density at radius 3 is 1.33 bits per heavy atom. The third kappa shape index (κ3) is 4.49. The summed E-state index contributed by atoms with van der Waals surface area (Å²) in [6.07, 6.45) is 3.02. The second kappa shape index (κ2) is 7.87. The molecule has 2 atom stereocenters. The van der Waals surface area contributed by atoms with Crippen LogP contribution in [0.2, 0.25) is 0 Å². The minimum atomic E-state index is -0.531. The van der Waals surface area contributed by atoms with Gasteiger partial charge in [0.1, 0.15) is 12.5 Å². The fourth-order valence-electron chi connectivity index (χ4n) is 1.90. The highest BCUT2D eigenvalue weighted by atomic mass is 32.2. The molecule has 0 saturated heterocycles. The van der Waals surface area contributed by atoms with Crippen molar-refractivity contribution in [2.24, 2.45) is 11.5 Å². The first-order valence-electron chi connectivity index (χ1n) is 6.58. The molecule has 2 rings (SSSR count). The maximum Gasteiger partial charge on any atom is 0.134 e. The first kappa shape index (κ1) is 16.4. The molecule has 0 bridgehead atoms. The molecule has 0 aliphatic carbocycles. The Morgan fingerprint density at radius 1 is 0.714 bits per heavy atom. The molecule has 0 radical (unpaired) electrons. The number of hydrogen-bond acceptors (Lipinski definition) is 5. The molecule has 5 heteroatoms. The summed E-state index contributed by atoms with van der Waals surface area (Å²) < 4.78 is 5.71.